The molecular weight excluding hydrogens is 340 g/mol. The number of Topliss-reactive ketones (excluding diaryl/α,β-unsaturated/α-hetero) is 1. The van der Waals surface area contributed by atoms with Crippen molar-refractivity contribution in [2.75, 3.05) is 0 Å². The Morgan fingerprint density at radius 3 is 2.44 bits per heavy atom. The molecule has 9 atom stereocenters. The molecule has 0 aromatic rings. The molecule has 5 rings (SSSR count). The number of ether oxygens (including phenoxy) is 2. The summed E-state index contributed by atoms with van der Waals surface area (Å²) in [7, 11) is 0. The molecule has 0 N–H and O–H groups in total. The number of carbonyl (C=O) groups excluding carboxylic acids is 2. The van der Waals surface area contributed by atoms with Crippen LogP contribution in [0.15, 0.2) is 0 Å². The molecule has 150 valence electrons. The Kier molecular flexibility index (Phi) is 3.75. The molecule has 1 aliphatic heterocycles. The summed E-state index contributed by atoms with van der Waals surface area (Å²) in [5.41, 5.74) is 0.374. The van der Waals surface area contributed by atoms with Gasteiger partial charge in [-0.25, -0.2) is 0 Å². The summed E-state index contributed by atoms with van der Waals surface area (Å²) in [6, 6.07) is 0. The maximum Gasteiger partial charge on any atom is 0.302 e. The quantitative estimate of drug-likeness (QED) is 0.534. The van der Waals surface area contributed by atoms with Crippen LogP contribution in [0.2, 0.25) is 0 Å². The number of ketones is 1. The lowest BCUT2D eigenvalue weighted by Gasteiger charge is -2.59. The van der Waals surface area contributed by atoms with Gasteiger partial charge in [0.25, 0.3) is 0 Å². The van der Waals surface area contributed by atoms with E-state index in [9.17, 15) is 9.59 Å². The van der Waals surface area contributed by atoms with Crippen LogP contribution in [0, 0.1) is 34.5 Å². The molecule has 27 heavy (non-hydrogen) atoms. The summed E-state index contributed by atoms with van der Waals surface area (Å²) in [5.74, 6) is 2.30. The summed E-state index contributed by atoms with van der Waals surface area (Å²) in [6.45, 7) is 8.17. The molecule has 0 unspecified atom stereocenters. The van der Waals surface area contributed by atoms with Gasteiger partial charge in [0.1, 0.15) is 17.5 Å². The van der Waals surface area contributed by atoms with Crippen LogP contribution in [0.5, 0.6) is 0 Å². The Hall–Kier alpha value is -0.900. The molecule has 0 radical (unpaired) electrons. The average molecular weight is 375 g/mol. The Labute approximate surface area is 162 Å². The third kappa shape index (κ3) is 2.20. The van der Waals surface area contributed by atoms with Crippen molar-refractivity contribution in [2.45, 2.75) is 96.9 Å². The SMILES string of the molecule is CC(=O)O[C@@H]1CC[C@@]2(C)[C@@H](CC[C@H]3[C@@H]4CC[C@H](C(C)=O)[C@@]4(C)C[C@@H]4O[C@@]432)C1. The van der Waals surface area contributed by atoms with Crippen LogP contribution in [0.25, 0.3) is 0 Å². The first-order valence-corrected chi connectivity index (χ1v) is 11.1. The lowest BCUT2D eigenvalue weighted by atomic mass is 9.44. The van der Waals surface area contributed by atoms with Crippen molar-refractivity contribution >= 4 is 11.8 Å². The first-order chi connectivity index (χ1) is 12.7. The van der Waals surface area contributed by atoms with E-state index in [0.717, 1.165) is 32.1 Å². The van der Waals surface area contributed by atoms with Gasteiger partial charge < -0.3 is 9.47 Å². The lowest BCUT2D eigenvalue weighted by Crippen LogP contribution is -2.60. The first kappa shape index (κ1) is 18.1. The minimum absolute atomic E-state index is 0.0347. The lowest BCUT2D eigenvalue weighted by molar-refractivity contribution is -0.159. The van der Waals surface area contributed by atoms with Gasteiger partial charge in [-0.05, 0) is 81.5 Å². The maximum absolute atomic E-state index is 12.3. The minimum atomic E-state index is -0.148. The summed E-state index contributed by atoms with van der Waals surface area (Å²) in [4.78, 5) is 23.7. The fourth-order valence-corrected chi connectivity index (χ4v) is 8.68. The van der Waals surface area contributed by atoms with Crippen molar-refractivity contribution in [1.82, 2.24) is 0 Å². The van der Waals surface area contributed by atoms with E-state index in [0.29, 0.717) is 29.6 Å². The zero-order valence-corrected chi connectivity index (χ0v) is 17.3. The maximum atomic E-state index is 12.3. The number of hydrogen-bond donors (Lipinski definition) is 0. The fraction of sp³-hybridized carbons (Fsp3) is 0.913. The second-order valence-corrected chi connectivity index (χ2v) is 10.8. The van der Waals surface area contributed by atoms with Crippen molar-refractivity contribution < 1.29 is 19.1 Å². The van der Waals surface area contributed by atoms with Gasteiger partial charge in [0.05, 0.1) is 6.10 Å². The Bertz CT molecular complexity index is 688. The molecule has 0 aromatic carbocycles. The molecular formula is C23H34O4. The van der Waals surface area contributed by atoms with Crippen molar-refractivity contribution in [3.63, 3.8) is 0 Å². The van der Waals surface area contributed by atoms with E-state index in [1.807, 2.05) is 0 Å². The van der Waals surface area contributed by atoms with Crippen molar-refractivity contribution in [3.8, 4) is 0 Å². The van der Waals surface area contributed by atoms with Gasteiger partial charge in [0.2, 0.25) is 0 Å². The predicted molar refractivity (Wildman–Crippen MR) is 101 cm³/mol. The van der Waals surface area contributed by atoms with Crippen molar-refractivity contribution in [2.24, 2.45) is 34.5 Å². The van der Waals surface area contributed by atoms with E-state index >= 15 is 0 Å². The van der Waals surface area contributed by atoms with Gasteiger partial charge in [-0.3, -0.25) is 9.59 Å². The standard InChI is InChI=1S/C23H34O4/c1-13(24)17-7-8-18-19-6-5-15-11-16(26-14(2)25)9-10-22(15,4)23(19)20(27-23)12-21(17,18)3/h15-20H,5-12H2,1-4H3/t15-,16+,17+,18-,19-,20-,21+,22-,23+/m0/s1. The molecule has 1 saturated heterocycles. The van der Waals surface area contributed by atoms with E-state index in [4.69, 9.17) is 9.47 Å². The van der Waals surface area contributed by atoms with Crippen LogP contribution in [-0.2, 0) is 19.1 Å². The van der Waals surface area contributed by atoms with Gasteiger partial charge in [-0.1, -0.05) is 13.8 Å². The summed E-state index contributed by atoms with van der Waals surface area (Å²) in [5, 5.41) is 0. The topological polar surface area (TPSA) is 55.9 Å². The van der Waals surface area contributed by atoms with Gasteiger partial charge in [-0.2, -0.15) is 0 Å². The molecule has 4 saturated carbocycles. The molecule has 5 fully saturated rings. The van der Waals surface area contributed by atoms with Crippen LogP contribution in [0.3, 0.4) is 0 Å². The van der Waals surface area contributed by atoms with Crippen LogP contribution in [0.1, 0.15) is 79.1 Å². The fourth-order valence-electron chi connectivity index (χ4n) is 8.68. The molecule has 0 bridgehead atoms. The highest BCUT2D eigenvalue weighted by molar-refractivity contribution is 5.79. The Morgan fingerprint density at radius 1 is 1.00 bits per heavy atom. The minimum Gasteiger partial charge on any atom is -0.463 e. The van der Waals surface area contributed by atoms with Crippen LogP contribution in [-0.4, -0.2) is 29.6 Å². The van der Waals surface area contributed by atoms with Gasteiger partial charge >= 0.3 is 5.97 Å². The second-order valence-electron chi connectivity index (χ2n) is 10.8. The van der Waals surface area contributed by atoms with E-state index in [-0.39, 0.29) is 34.4 Å². The normalized spacial score (nSPS) is 55.6. The van der Waals surface area contributed by atoms with E-state index in [2.05, 4.69) is 13.8 Å². The third-order valence-electron chi connectivity index (χ3n) is 9.81. The summed E-state index contributed by atoms with van der Waals surface area (Å²) >= 11 is 0. The summed E-state index contributed by atoms with van der Waals surface area (Å²) < 4.78 is 12.2. The average Bonchev–Trinajstić information content (AvgIpc) is 3.19. The number of epoxide rings is 1. The second kappa shape index (κ2) is 5.58. The first-order valence-electron chi connectivity index (χ1n) is 11.1. The number of esters is 1. The number of hydrogen-bond acceptors (Lipinski definition) is 4. The van der Waals surface area contributed by atoms with Gasteiger partial charge in [0.15, 0.2) is 0 Å². The Balaban J connectivity index is 1.43. The highest BCUT2D eigenvalue weighted by atomic mass is 16.6. The molecule has 4 heteroatoms. The van der Waals surface area contributed by atoms with Crippen LogP contribution >= 0.6 is 0 Å². The zero-order chi connectivity index (χ0) is 19.2. The molecule has 0 amide bonds. The van der Waals surface area contributed by atoms with Crippen molar-refractivity contribution in [3.05, 3.63) is 0 Å². The van der Waals surface area contributed by atoms with Gasteiger partial charge in [0, 0.05) is 18.3 Å². The van der Waals surface area contributed by atoms with Gasteiger partial charge in [-0.15, -0.1) is 0 Å². The van der Waals surface area contributed by atoms with Crippen LogP contribution in [0.4, 0.5) is 0 Å². The van der Waals surface area contributed by atoms with E-state index in [1.165, 1.54) is 26.2 Å². The number of carbonyl (C=O) groups is 2. The number of fused-ring (bicyclic) bond motifs is 3. The molecule has 4 aliphatic carbocycles. The third-order valence-corrected chi connectivity index (χ3v) is 9.81. The molecule has 1 spiro atoms. The van der Waals surface area contributed by atoms with Crippen molar-refractivity contribution in [1.29, 1.82) is 0 Å². The Morgan fingerprint density at radius 2 is 1.74 bits per heavy atom. The highest BCUT2D eigenvalue weighted by Gasteiger charge is 2.79. The number of rotatable bonds is 2. The van der Waals surface area contributed by atoms with E-state index in [1.54, 1.807) is 6.92 Å². The monoisotopic (exact) mass is 374 g/mol. The smallest absolute Gasteiger partial charge is 0.302 e. The van der Waals surface area contributed by atoms with Crippen LogP contribution < -0.4 is 0 Å². The summed E-state index contributed by atoms with van der Waals surface area (Å²) in [6.07, 6.45) is 9.26. The molecule has 4 nitrogen and oxygen atoms in total. The molecule has 1 heterocycles. The molecule has 5 aliphatic rings. The predicted octanol–water partition coefficient (Wildman–Crippen LogP) is 4.30. The zero-order valence-electron chi connectivity index (χ0n) is 17.3. The largest absolute Gasteiger partial charge is 0.463 e. The van der Waals surface area contributed by atoms with E-state index < -0.39 is 0 Å². The molecule has 0 aromatic heterocycles. The highest BCUT2D eigenvalue weighted by Crippen LogP contribution is 2.76.